The monoisotopic (exact) mass is 191 g/mol. The zero-order valence-corrected chi connectivity index (χ0v) is 8.57. The lowest BCUT2D eigenvalue weighted by Crippen LogP contribution is -2.22. The zero-order chi connectivity index (χ0) is 10.3. The van der Waals surface area contributed by atoms with Gasteiger partial charge in [0.15, 0.2) is 0 Å². The van der Waals surface area contributed by atoms with Gasteiger partial charge in [-0.1, -0.05) is 6.07 Å². The van der Waals surface area contributed by atoms with Gasteiger partial charge in [-0.3, -0.25) is 4.79 Å². The van der Waals surface area contributed by atoms with E-state index >= 15 is 0 Å². The molecule has 0 aliphatic carbocycles. The molecule has 3 nitrogen and oxygen atoms in total. The van der Waals surface area contributed by atoms with Gasteiger partial charge < -0.3 is 9.64 Å². The number of rotatable bonds is 1. The Bertz CT molecular complexity index is 387. The third-order valence-corrected chi connectivity index (χ3v) is 2.77. The largest absolute Gasteiger partial charge is 0.497 e. The molecule has 0 radical (unpaired) electrons. The van der Waals surface area contributed by atoms with Gasteiger partial charge in [0.05, 0.1) is 18.7 Å². The quantitative estimate of drug-likeness (QED) is 0.677. The molecule has 0 bridgehead atoms. The highest BCUT2D eigenvalue weighted by atomic mass is 16.5. The Labute approximate surface area is 83.3 Å². The van der Waals surface area contributed by atoms with Crippen LogP contribution >= 0.6 is 0 Å². The van der Waals surface area contributed by atoms with Crippen molar-refractivity contribution in [2.45, 2.75) is 12.8 Å². The van der Waals surface area contributed by atoms with Crippen molar-refractivity contribution < 1.29 is 9.53 Å². The van der Waals surface area contributed by atoms with Crippen LogP contribution in [0.5, 0.6) is 5.75 Å². The van der Waals surface area contributed by atoms with Crippen LogP contribution in [0.15, 0.2) is 18.2 Å². The average molecular weight is 191 g/mol. The summed E-state index contributed by atoms with van der Waals surface area (Å²) in [4.78, 5) is 13.3. The van der Waals surface area contributed by atoms with Gasteiger partial charge in [0, 0.05) is 13.1 Å². The van der Waals surface area contributed by atoms with Gasteiger partial charge in [-0.15, -0.1) is 0 Å². The Hall–Kier alpha value is -1.51. The fourth-order valence-electron chi connectivity index (χ4n) is 1.85. The molecular formula is C11H13NO2. The topological polar surface area (TPSA) is 29.5 Å². The molecule has 1 heterocycles. The number of fused-ring (bicyclic) bond motifs is 1. The number of benzene rings is 1. The number of carbonyl (C=O) groups excluding carboxylic acids is 1. The summed E-state index contributed by atoms with van der Waals surface area (Å²) in [6.45, 7) is 1.93. The first-order valence-electron chi connectivity index (χ1n) is 4.60. The maximum Gasteiger partial charge on any atom is 0.234 e. The fraction of sp³-hybridized carbons (Fsp3) is 0.364. The normalized spacial score (nSPS) is 19.8. The van der Waals surface area contributed by atoms with E-state index in [9.17, 15) is 4.79 Å². The fourth-order valence-corrected chi connectivity index (χ4v) is 1.85. The molecule has 0 saturated carbocycles. The van der Waals surface area contributed by atoms with Crippen molar-refractivity contribution in [3.8, 4) is 5.75 Å². The van der Waals surface area contributed by atoms with Crippen LogP contribution in [0.2, 0.25) is 0 Å². The number of anilines is 1. The first-order chi connectivity index (χ1) is 6.65. The van der Waals surface area contributed by atoms with E-state index in [4.69, 9.17) is 4.74 Å². The first kappa shape index (κ1) is 9.06. The van der Waals surface area contributed by atoms with Gasteiger partial charge in [-0.2, -0.15) is 0 Å². The Morgan fingerprint density at radius 2 is 2.14 bits per heavy atom. The average Bonchev–Trinajstić information content (AvgIpc) is 2.44. The van der Waals surface area contributed by atoms with Crippen molar-refractivity contribution in [1.29, 1.82) is 0 Å². The van der Waals surface area contributed by atoms with Crippen LogP contribution in [-0.4, -0.2) is 20.1 Å². The Kier molecular flexibility index (Phi) is 1.95. The second-order valence-corrected chi connectivity index (χ2v) is 3.54. The van der Waals surface area contributed by atoms with Crippen LogP contribution in [0, 0.1) is 0 Å². The van der Waals surface area contributed by atoms with Gasteiger partial charge in [-0.25, -0.2) is 0 Å². The Morgan fingerprint density at radius 1 is 1.43 bits per heavy atom. The second kappa shape index (κ2) is 3.01. The van der Waals surface area contributed by atoms with Crippen LogP contribution in [0.25, 0.3) is 0 Å². The summed E-state index contributed by atoms with van der Waals surface area (Å²) >= 11 is 0. The Morgan fingerprint density at radius 3 is 2.79 bits per heavy atom. The highest BCUT2D eigenvalue weighted by Gasteiger charge is 2.31. The molecule has 1 aromatic carbocycles. The summed E-state index contributed by atoms with van der Waals surface area (Å²) in [5, 5.41) is 0. The lowest BCUT2D eigenvalue weighted by molar-refractivity contribution is -0.118. The smallest absolute Gasteiger partial charge is 0.234 e. The van der Waals surface area contributed by atoms with Crippen molar-refractivity contribution in [2.24, 2.45) is 0 Å². The molecule has 74 valence electrons. The Balaban J connectivity index is 2.53. The molecule has 1 unspecified atom stereocenters. The molecule has 1 aliphatic rings. The van der Waals surface area contributed by atoms with Gasteiger partial charge in [-0.05, 0) is 18.6 Å². The number of ether oxygens (including phenoxy) is 1. The summed E-state index contributed by atoms with van der Waals surface area (Å²) in [5.41, 5.74) is 2.04. The molecule has 0 aromatic heterocycles. The number of amides is 1. The van der Waals surface area contributed by atoms with E-state index in [0.717, 1.165) is 17.0 Å². The van der Waals surface area contributed by atoms with E-state index < -0.39 is 0 Å². The van der Waals surface area contributed by atoms with Gasteiger partial charge in [0.25, 0.3) is 0 Å². The molecule has 14 heavy (non-hydrogen) atoms. The predicted octanol–water partition coefficient (Wildman–Crippen LogP) is 1.78. The number of nitrogens with zero attached hydrogens (tertiary/aromatic N) is 1. The van der Waals surface area contributed by atoms with Crippen LogP contribution in [0.4, 0.5) is 5.69 Å². The van der Waals surface area contributed by atoms with Crippen molar-refractivity contribution in [3.05, 3.63) is 23.8 Å². The van der Waals surface area contributed by atoms with Gasteiger partial charge in [0.1, 0.15) is 5.75 Å². The highest BCUT2D eigenvalue weighted by Crippen LogP contribution is 2.38. The number of carbonyl (C=O) groups is 1. The lowest BCUT2D eigenvalue weighted by Gasteiger charge is -2.10. The second-order valence-electron chi connectivity index (χ2n) is 3.54. The van der Waals surface area contributed by atoms with Crippen molar-refractivity contribution >= 4 is 11.6 Å². The minimum Gasteiger partial charge on any atom is -0.497 e. The van der Waals surface area contributed by atoms with Crippen molar-refractivity contribution in [1.82, 2.24) is 0 Å². The minimum atomic E-state index is -0.0269. The summed E-state index contributed by atoms with van der Waals surface area (Å²) in [5.74, 6) is 0.909. The molecule has 0 fully saturated rings. The van der Waals surface area contributed by atoms with Crippen LogP contribution in [0.3, 0.4) is 0 Å². The third-order valence-electron chi connectivity index (χ3n) is 2.77. The van der Waals surface area contributed by atoms with Crippen LogP contribution < -0.4 is 9.64 Å². The molecule has 1 amide bonds. The molecule has 0 spiro atoms. The highest BCUT2D eigenvalue weighted by molar-refractivity contribution is 6.04. The SMILES string of the molecule is COc1ccc2c(c1)N(C)C(=O)C2C. The van der Waals surface area contributed by atoms with E-state index in [1.807, 2.05) is 25.1 Å². The van der Waals surface area contributed by atoms with Gasteiger partial charge >= 0.3 is 0 Å². The van der Waals surface area contributed by atoms with Crippen LogP contribution in [-0.2, 0) is 4.79 Å². The first-order valence-corrected chi connectivity index (χ1v) is 4.60. The predicted molar refractivity (Wildman–Crippen MR) is 54.8 cm³/mol. The summed E-state index contributed by atoms with van der Waals surface area (Å²) in [6.07, 6.45) is 0. The summed E-state index contributed by atoms with van der Waals surface area (Å²) in [6, 6.07) is 5.75. The van der Waals surface area contributed by atoms with E-state index in [0.29, 0.717) is 0 Å². The zero-order valence-electron chi connectivity index (χ0n) is 8.57. The van der Waals surface area contributed by atoms with E-state index in [1.54, 1.807) is 19.1 Å². The maximum atomic E-state index is 11.6. The molecule has 1 aromatic rings. The molecule has 1 aliphatic heterocycles. The number of likely N-dealkylation sites (N-methyl/N-ethyl adjacent to an activating group) is 1. The molecule has 2 rings (SSSR count). The molecular weight excluding hydrogens is 178 g/mol. The standard InChI is InChI=1S/C11H13NO2/c1-7-9-5-4-8(14-3)6-10(9)12(2)11(7)13/h4-7H,1-3H3. The van der Waals surface area contributed by atoms with Crippen molar-refractivity contribution in [2.75, 3.05) is 19.1 Å². The molecule has 3 heteroatoms. The minimum absolute atomic E-state index is 0.0269. The molecule has 0 saturated heterocycles. The van der Waals surface area contributed by atoms with E-state index in [2.05, 4.69) is 0 Å². The molecule has 0 N–H and O–H groups in total. The lowest BCUT2D eigenvalue weighted by atomic mass is 10.0. The summed E-state index contributed by atoms with van der Waals surface area (Å²) < 4.78 is 5.12. The summed E-state index contributed by atoms with van der Waals surface area (Å²) in [7, 11) is 3.42. The van der Waals surface area contributed by atoms with Gasteiger partial charge in [0.2, 0.25) is 5.91 Å². The molecule has 1 atom stereocenters. The van der Waals surface area contributed by atoms with Crippen molar-refractivity contribution in [3.63, 3.8) is 0 Å². The maximum absolute atomic E-state index is 11.6. The number of methoxy groups -OCH3 is 1. The number of hydrogen-bond donors (Lipinski definition) is 0. The third kappa shape index (κ3) is 1.09. The van der Waals surface area contributed by atoms with E-state index in [1.165, 1.54) is 0 Å². The number of hydrogen-bond acceptors (Lipinski definition) is 2. The van der Waals surface area contributed by atoms with Crippen LogP contribution in [0.1, 0.15) is 18.4 Å². The van der Waals surface area contributed by atoms with E-state index in [-0.39, 0.29) is 11.8 Å².